The highest BCUT2D eigenvalue weighted by molar-refractivity contribution is 9.10. The first-order chi connectivity index (χ1) is 8.22. The van der Waals surface area contributed by atoms with Crippen LogP contribution in [0.2, 0.25) is 0 Å². The molecule has 0 spiro atoms. The van der Waals surface area contributed by atoms with E-state index in [2.05, 4.69) is 25.9 Å². The van der Waals surface area contributed by atoms with Crippen LogP contribution in [-0.2, 0) is 0 Å². The van der Waals surface area contributed by atoms with Crippen molar-refractivity contribution in [1.29, 1.82) is 0 Å². The lowest BCUT2D eigenvalue weighted by atomic mass is 10.2. The lowest BCUT2D eigenvalue weighted by Crippen LogP contribution is -1.84. The molecule has 0 atom stereocenters. The molecule has 2 heterocycles. The first-order valence-corrected chi connectivity index (χ1v) is 5.81. The monoisotopic (exact) mass is 289 g/mol. The SMILES string of the molecule is Oc1ccc(-c2cn3cc(Br)ncc3n2)cc1. The van der Waals surface area contributed by atoms with Crippen molar-refractivity contribution in [3.05, 3.63) is 47.5 Å². The smallest absolute Gasteiger partial charge is 0.156 e. The zero-order chi connectivity index (χ0) is 11.8. The third kappa shape index (κ3) is 1.89. The van der Waals surface area contributed by atoms with E-state index in [9.17, 15) is 5.11 Å². The van der Waals surface area contributed by atoms with Crippen molar-refractivity contribution < 1.29 is 5.11 Å². The largest absolute Gasteiger partial charge is 0.508 e. The standard InChI is InChI=1S/C12H8BrN3O/c13-11-7-16-6-10(15-12(16)5-14-11)8-1-3-9(17)4-2-8/h1-7,17H. The number of nitrogens with zero attached hydrogens (tertiary/aromatic N) is 3. The molecule has 0 amide bonds. The number of aromatic nitrogens is 3. The second kappa shape index (κ2) is 3.85. The van der Waals surface area contributed by atoms with Crippen LogP contribution in [0.1, 0.15) is 0 Å². The first-order valence-electron chi connectivity index (χ1n) is 5.02. The van der Waals surface area contributed by atoms with Crippen LogP contribution in [0.4, 0.5) is 0 Å². The van der Waals surface area contributed by atoms with E-state index in [4.69, 9.17) is 0 Å². The van der Waals surface area contributed by atoms with E-state index in [1.807, 2.05) is 28.9 Å². The van der Waals surface area contributed by atoms with Crippen molar-refractivity contribution in [1.82, 2.24) is 14.4 Å². The zero-order valence-corrected chi connectivity index (χ0v) is 10.3. The van der Waals surface area contributed by atoms with Crippen LogP contribution < -0.4 is 0 Å². The Morgan fingerprint density at radius 1 is 1.12 bits per heavy atom. The third-order valence-corrected chi connectivity index (χ3v) is 2.88. The molecule has 0 saturated heterocycles. The van der Waals surface area contributed by atoms with Crippen molar-refractivity contribution >= 4 is 21.6 Å². The fourth-order valence-corrected chi connectivity index (χ4v) is 1.97. The fraction of sp³-hybridized carbons (Fsp3) is 0. The lowest BCUT2D eigenvalue weighted by Gasteiger charge is -1.95. The van der Waals surface area contributed by atoms with Gasteiger partial charge in [-0.25, -0.2) is 9.97 Å². The van der Waals surface area contributed by atoms with E-state index < -0.39 is 0 Å². The molecule has 2 aromatic heterocycles. The van der Waals surface area contributed by atoms with Crippen LogP contribution in [0.25, 0.3) is 16.9 Å². The molecule has 0 aliphatic rings. The topological polar surface area (TPSA) is 50.4 Å². The second-order valence-corrected chi connectivity index (χ2v) is 4.46. The zero-order valence-electron chi connectivity index (χ0n) is 8.71. The summed E-state index contributed by atoms with van der Waals surface area (Å²) in [5.74, 6) is 0.252. The van der Waals surface area contributed by atoms with Gasteiger partial charge >= 0.3 is 0 Å². The maximum Gasteiger partial charge on any atom is 0.156 e. The number of aromatic hydroxyl groups is 1. The Morgan fingerprint density at radius 2 is 1.88 bits per heavy atom. The Kier molecular flexibility index (Phi) is 2.33. The number of rotatable bonds is 1. The van der Waals surface area contributed by atoms with Crippen molar-refractivity contribution in [2.75, 3.05) is 0 Å². The number of hydrogen-bond acceptors (Lipinski definition) is 3. The van der Waals surface area contributed by atoms with Crippen molar-refractivity contribution in [3.63, 3.8) is 0 Å². The number of halogens is 1. The number of benzene rings is 1. The number of fused-ring (bicyclic) bond motifs is 1. The summed E-state index contributed by atoms with van der Waals surface area (Å²) in [7, 11) is 0. The van der Waals surface area contributed by atoms with E-state index in [0.29, 0.717) is 0 Å². The van der Waals surface area contributed by atoms with Crippen molar-refractivity contribution in [3.8, 4) is 17.0 Å². The van der Waals surface area contributed by atoms with E-state index in [-0.39, 0.29) is 5.75 Å². The van der Waals surface area contributed by atoms with Gasteiger partial charge in [0.1, 0.15) is 10.4 Å². The Hall–Kier alpha value is -1.88. The van der Waals surface area contributed by atoms with Crippen molar-refractivity contribution in [2.45, 2.75) is 0 Å². The summed E-state index contributed by atoms with van der Waals surface area (Å²) < 4.78 is 2.67. The molecule has 17 heavy (non-hydrogen) atoms. The van der Waals surface area contributed by atoms with Gasteiger partial charge in [-0.3, -0.25) is 0 Å². The van der Waals surface area contributed by atoms with Gasteiger partial charge in [0.15, 0.2) is 5.65 Å². The molecule has 1 N–H and O–H groups in total. The van der Waals surface area contributed by atoms with Crippen LogP contribution in [0.3, 0.4) is 0 Å². The van der Waals surface area contributed by atoms with Crippen LogP contribution >= 0.6 is 15.9 Å². The summed E-state index contributed by atoms with van der Waals surface area (Å²) in [5, 5.41) is 9.24. The Morgan fingerprint density at radius 3 is 2.65 bits per heavy atom. The molecule has 0 bridgehead atoms. The number of imidazole rings is 1. The Labute approximate surface area is 106 Å². The molecule has 3 rings (SSSR count). The molecule has 3 aromatic rings. The molecule has 84 valence electrons. The maximum absolute atomic E-state index is 9.24. The Bertz CT molecular complexity index is 676. The van der Waals surface area contributed by atoms with E-state index in [0.717, 1.165) is 21.5 Å². The average molecular weight is 290 g/mol. The summed E-state index contributed by atoms with van der Waals surface area (Å²) in [6.07, 6.45) is 5.48. The van der Waals surface area contributed by atoms with Gasteiger partial charge in [-0.1, -0.05) is 0 Å². The molecule has 1 aromatic carbocycles. The molecule has 0 aliphatic heterocycles. The third-order valence-electron chi connectivity index (χ3n) is 2.47. The molecular weight excluding hydrogens is 282 g/mol. The first kappa shape index (κ1) is 10.3. The minimum Gasteiger partial charge on any atom is -0.508 e. The van der Waals surface area contributed by atoms with E-state index >= 15 is 0 Å². The summed E-state index contributed by atoms with van der Waals surface area (Å²) >= 11 is 3.31. The van der Waals surface area contributed by atoms with Crippen molar-refractivity contribution in [2.24, 2.45) is 0 Å². The number of hydrogen-bond donors (Lipinski definition) is 1. The molecular formula is C12H8BrN3O. The molecule has 5 heteroatoms. The van der Waals surface area contributed by atoms with Gasteiger partial charge in [-0.2, -0.15) is 0 Å². The molecule has 4 nitrogen and oxygen atoms in total. The van der Waals surface area contributed by atoms with Crippen LogP contribution in [0, 0.1) is 0 Å². The summed E-state index contributed by atoms with van der Waals surface area (Å²) in [6.45, 7) is 0. The molecule has 0 unspecified atom stereocenters. The highest BCUT2D eigenvalue weighted by Gasteiger charge is 2.04. The van der Waals surface area contributed by atoms with Gasteiger partial charge in [0, 0.05) is 18.0 Å². The van der Waals surface area contributed by atoms with Gasteiger partial charge in [-0.15, -0.1) is 0 Å². The average Bonchev–Trinajstić information content (AvgIpc) is 2.72. The molecule has 0 radical (unpaired) electrons. The van der Waals surface area contributed by atoms with Gasteiger partial charge in [-0.05, 0) is 40.2 Å². The molecule has 0 saturated carbocycles. The maximum atomic E-state index is 9.24. The minimum atomic E-state index is 0.252. The number of phenols is 1. The van der Waals surface area contributed by atoms with Gasteiger partial charge in [0.05, 0.1) is 11.9 Å². The predicted molar refractivity (Wildman–Crippen MR) is 67.8 cm³/mol. The summed E-state index contributed by atoms with van der Waals surface area (Å²) in [6, 6.07) is 6.96. The van der Waals surface area contributed by atoms with Gasteiger partial charge in [0.2, 0.25) is 0 Å². The minimum absolute atomic E-state index is 0.252. The molecule has 0 fully saturated rings. The summed E-state index contributed by atoms with van der Waals surface area (Å²) in [4.78, 5) is 8.57. The van der Waals surface area contributed by atoms with E-state index in [1.165, 1.54) is 0 Å². The normalized spacial score (nSPS) is 10.9. The van der Waals surface area contributed by atoms with Crippen LogP contribution in [0.15, 0.2) is 47.5 Å². The predicted octanol–water partition coefficient (Wildman–Crippen LogP) is 2.86. The summed E-state index contributed by atoms with van der Waals surface area (Å²) in [5.41, 5.74) is 2.60. The van der Waals surface area contributed by atoms with Gasteiger partial charge in [0.25, 0.3) is 0 Å². The number of phenolic OH excluding ortho intramolecular Hbond substituents is 1. The van der Waals surface area contributed by atoms with Gasteiger partial charge < -0.3 is 9.51 Å². The highest BCUT2D eigenvalue weighted by Crippen LogP contribution is 2.21. The highest BCUT2D eigenvalue weighted by atomic mass is 79.9. The Balaban J connectivity index is 2.14. The van der Waals surface area contributed by atoms with Crippen LogP contribution in [0.5, 0.6) is 5.75 Å². The van der Waals surface area contributed by atoms with Crippen LogP contribution in [-0.4, -0.2) is 19.5 Å². The molecule has 0 aliphatic carbocycles. The quantitative estimate of drug-likeness (QED) is 0.749. The van der Waals surface area contributed by atoms with E-state index in [1.54, 1.807) is 18.3 Å². The lowest BCUT2D eigenvalue weighted by molar-refractivity contribution is 0.475. The second-order valence-electron chi connectivity index (χ2n) is 3.65. The fourth-order valence-electron chi connectivity index (χ4n) is 1.65.